The topological polar surface area (TPSA) is 30.0 Å². The number of para-hydroxylation sites is 1. The third kappa shape index (κ3) is 1.93. The van der Waals surface area contributed by atoms with Crippen molar-refractivity contribution in [1.29, 1.82) is 0 Å². The number of fused-ring (bicyclic) bond motifs is 1. The molecule has 0 unspecified atom stereocenters. The normalized spacial score (nSPS) is 10.4. The summed E-state index contributed by atoms with van der Waals surface area (Å²) >= 11 is 1.21. The minimum absolute atomic E-state index is 0.0853. The first-order valence-electron chi connectivity index (χ1n) is 4.29. The van der Waals surface area contributed by atoms with Gasteiger partial charge in [-0.25, -0.2) is 0 Å². The van der Waals surface area contributed by atoms with Gasteiger partial charge in [0, 0.05) is 23.4 Å². The molecule has 0 saturated carbocycles. The fourth-order valence-electron chi connectivity index (χ4n) is 1.27. The second-order valence-corrected chi connectivity index (χ2v) is 4.21. The molecular formula is C11H9NOS. The molecule has 3 heteroatoms. The lowest BCUT2D eigenvalue weighted by Gasteiger charge is -1.99. The van der Waals surface area contributed by atoms with Gasteiger partial charge < -0.3 is 0 Å². The average molecular weight is 203 g/mol. The molecule has 14 heavy (non-hydrogen) atoms. The van der Waals surface area contributed by atoms with Gasteiger partial charge in [0.2, 0.25) is 0 Å². The van der Waals surface area contributed by atoms with Gasteiger partial charge in [-0.3, -0.25) is 9.78 Å². The summed E-state index contributed by atoms with van der Waals surface area (Å²) in [6.45, 7) is 1.56. The fourth-order valence-corrected chi connectivity index (χ4v) is 1.90. The highest BCUT2D eigenvalue weighted by atomic mass is 32.2. The predicted molar refractivity (Wildman–Crippen MR) is 58.3 cm³/mol. The molecule has 70 valence electrons. The zero-order valence-electron chi connectivity index (χ0n) is 7.73. The van der Waals surface area contributed by atoms with E-state index >= 15 is 0 Å². The zero-order valence-corrected chi connectivity index (χ0v) is 8.54. The van der Waals surface area contributed by atoms with E-state index in [0.29, 0.717) is 0 Å². The lowest BCUT2D eigenvalue weighted by Crippen LogP contribution is -1.84. The molecule has 1 aromatic heterocycles. The van der Waals surface area contributed by atoms with E-state index in [0.717, 1.165) is 15.8 Å². The van der Waals surface area contributed by atoms with Crippen LogP contribution in [0.2, 0.25) is 0 Å². The molecule has 0 aliphatic carbocycles. The van der Waals surface area contributed by atoms with Crippen LogP contribution in [0.5, 0.6) is 0 Å². The Kier molecular flexibility index (Phi) is 2.50. The van der Waals surface area contributed by atoms with Crippen LogP contribution >= 0.6 is 11.8 Å². The van der Waals surface area contributed by atoms with Gasteiger partial charge >= 0.3 is 0 Å². The van der Waals surface area contributed by atoms with Gasteiger partial charge in [0.25, 0.3) is 0 Å². The van der Waals surface area contributed by atoms with E-state index in [4.69, 9.17) is 0 Å². The largest absolute Gasteiger partial charge is 0.287 e. The quantitative estimate of drug-likeness (QED) is 0.667. The Morgan fingerprint density at radius 1 is 1.36 bits per heavy atom. The average Bonchev–Trinajstić information content (AvgIpc) is 2.17. The highest BCUT2D eigenvalue weighted by Gasteiger charge is 2.00. The van der Waals surface area contributed by atoms with Gasteiger partial charge in [-0.2, -0.15) is 0 Å². The molecular weight excluding hydrogens is 194 g/mol. The van der Waals surface area contributed by atoms with Crippen LogP contribution in [0.3, 0.4) is 0 Å². The maximum absolute atomic E-state index is 10.9. The van der Waals surface area contributed by atoms with E-state index in [9.17, 15) is 4.79 Å². The summed E-state index contributed by atoms with van der Waals surface area (Å²) in [5.41, 5.74) is 0.959. The molecule has 0 amide bonds. The summed E-state index contributed by atoms with van der Waals surface area (Å²) in [4.78, 5) is 16.0. The second-order valence-electron chi connectivity index (χ2n) is 2.96. The molecule has 1 aromatic carbocycles. The van der Waals surface area contributed by atoms with Gasteiger partial charge in [0.1, 0.15) is 0 Å². The van der Waals surface area contributed by atoms with Crippen LogP contribution in [0.25, 0.3) is 10.9 Å². The van der Waals surface area contributed by atoms with Crippen molar-refractivity contribution in [1.82, 2.24) is 4.98 Å². The summed E-state index contributed by atoms with van der Waals surface area (Å²) < 4.78 is 0. The van der Waals surface area contributed by atoms with Crippen molar-refractivity contribution < 1.29 is 4.79 Å². The molecule has 2 nitrogen and oxygen atoms in total. The van der Waals surface area contributed by atoms with Gasteiger partial charge in [-0.05, 0) is 12.1 Å². The molecule has 0 aliphatic rings. The summed E-state index contributed by atoms with van der Waals surface area (Å²) in [6.07, 6.45) is 1.73. The van der Waals surface area contributed by atoms with E-state index in [2.05, 4.69) is 4.98 Å². The van der Waals surface area contributed by atoms with Crippen LogP contribution in [-0.4, -0.2) is 10.1 Å². The van der Waals surface area contributed by atoms with E-state index in [1.54, 1.807) is 13.1 Å². The van der Waals surface area contributed by atoms with E-state index in [1.807, 2.05) is 30.3 Å². The lowest BCUT2D eigenvalue weighted by atomic mass is 10.2. The number of aromatic nitrogens is 1. The van der Waals surface area contributed by atoms with Crippen LogP contribution in [0, 0.1) is 0 Å². The number of hydrogen-bond donors (Lipinski definition) is 0. The van der Waals surface area contributed by atoms with Crippen LogP contribution in [-0.2, 0) is 4.79 Å². The van der Waals surface area contributed by atoms with Crippen molar-refractivity contribution in [3.8, 4) is 0 Å². The lowest BCUT2D eigenvalue weighted by molar-refractivity contribution is -0.109. The van der Waals surface area contributed by atoms with Crippen molar-refractivity contribution in [2.24, 2.45) is 0 Å². The van der Waals surface area contributed by atoms with Crippen LogP contribution < -0.4 is 0 Å². The van der Waals surface area contributed by atoms with Crippen molar-refractivity contribution >= 4 is 27.8 Å². The third-order valence-electron chi connectivity index (χ3n) is 1.83. The van der Waals surface area contributed by atoms with E-state index in [1.165, 1.54) is 11.8 Å². The number of carbonyl (C=O) groups is 1. The molecule has 0 fully saturated rings. The standard InChI is InChI=1S/C11H9NOS/c1-8(13)14-10-6-9-4-2-3-5-11(9)12-7-10/h2-7H,1H3. The summed E-state index contributed by atoms with van der Waals surface area (Å²) in [5, 5.41) is 1.15. The minimum Gasteiger partial charge on any atom is -0.287 e. The smallest absolute Gasteiger partial charge is 0.190 e. The van der Waals surface area contributed by atoms with Crippen molar-refractivity contribution in [3.05, 3.63) is 36.5 Å². The summed E-state index contributed by atoms with van der Waals surface area (Å²) in [7, 11) is 0. The summed E-state index contributed by atoms with van der Waals surface area (Å²) in [5.74, 6) is 0. The van der Waals surface area contributed by atoms with Gasteiger partial charge in [0.05, 0.1) is 5.52 Å². The number of thioether (sulfide) groups is 1. The molecule has 0 atom stereocenters. The SMILES string of the molecule is CC(=O)Sc1cnc2ccccc2c1. The molecule has 2 aromatic rings. The number of nitrogens with zero attached hydrogens (tertiary/aromatic N) is 1. The van der Waals surface area contributed by atoms with Gasteiger partial charge in [0.15, 0.2) is 5.12 Å². The van der Waals surface area contributed by atoms with Crippen molar-refractivity contribution in [3.63, 3.8) is 0 Å². The Morgan fingerprint density at radius 2 is 2.14 bits per heavy atom. The highest BCUT2D eigenvalue weighted by molar-refractivity contribution is 8.13. The van der Waals surface area contributed by atoms with E-state index in [-0.39, 0.29) is 5.12 Å². The van der Waals surface area contributed by atoms with Crippen LogP contribution in [0.1, 0.15) is 6.92 Å². The highest BCUT2D eigenvalue weighted by Crippen LogP contribution is 2.21. The Hall–Kier alpha value is -1.35. The monoisotopic (exact) mass is 203 g/mol. The maximum Gasteiger partial charge on any atom is 0.190 e. The fraction of sp³-hybridized carbons (Fsp3) is 0.0909. The number of benzene rings is 1. The minimum atomic E-state index is 0.0853. The van der Waals surface area contributed by atoms with Gasteiger partial charge in [-0.1, -0.05) is 30.0 Å². The number of rotatable bonds is 1. The van der Waals surface area contributed by atoms with E-state index < -0.39 is 0 Å². The molecule has 0 spiro atoms. The Balaban J connectivity index is 2.46. The maximum atomic E-state index is 10.9. The molecule has 1 heterocycles. The predicted octanol–water partition coefficient (Wildman–Crippen LogP) is 2.87. The third-order valence-corrected chi connectivity index (χ3v) is 2.57. The zero-order chi connectivity index (χ0) is 9.97. The molecule has 0 bridgehead atoms. The van der Waals surface area contributed by atoms with Crippen LogP contribution in [0.4, 0.5) is 0 Å². The molecule has 0 aliphatic heterocycles. The van der Waals surface area contributed by atoms with Crippen LogP contribution in [0.15, 0.2) is 41.4 Å². The Bertz CT molecular complexity index is 481. The molecule has 0 N–H and O–H groups in total. The first-order chi connectivity index (χ1) is 6.75. The van der Waals surface area contributed by atoms with Gasteiger partial charge in [-0.15, -0.1) is 0 Å². The number of hydrogen-bond acceptors (Lipinski definition) is 3. The molecule has 0 saturated heterocycles. The molecule has 2 rings (SSSR count). The number of carbonyl (C=O) groups excluding carboxylic acids is 1. The van der Waals surface area contributed by atoms with Crippen molar-refractivity contribution in [2.45, 2.75) is 11.8 Å². The Morgan fingerprint density at radius 3 is 2.93 bits per heavy atom. The Labute approximate surface area is 86.3 Å². The van der Waals surface area contributed by atoms with Crippen molar-refractivity contribution in [2.75, 3.05) is 0 Å². The number of pyridine rings is 1. The first kappa shape index (κ1) is 9.21. The molecule has 0 radical (unpaired) electrons. The summed E-state index contributed by atoms with van der Waals surface area (Å²) in [6, 6.07) is 9.85. The first-order valence-corrected chi connectivity index (χ1v) is 5.10. The second kappa shape index (κ2) is 3.80.